The van der Waals surface area contributed by atoms with Gasteiger partial charge in [0.15, 0.2) is 0 Å². The van der Waals surface area contributed by atoms with Crippen LogP contribution in [-0.2, 0) is 0 Å². The first-order valence-corrected chi connectivity index (χ1v) is 5.27. The monoisotopic (exact) mass is 171 g/mol. The maximum atomic E-state index is 2.52. The Balaban J connectivity index is 4.46. The second-order valence-corrected chi connectivity index (χ2v) is 3.99. The summed E-state index contributed by atoms with van der Waals surface area (Å²) in [6.45, 7) is 11.4. The molecule has 0 aliphatic carbocycles. The summed E-state index contributed by atoms with van der Waals surface area (Å²) in [5.41, 5.74) is 0.439. The van der Waals surface area contributed by atoms with Crippen molar-refractivity contribution in [1.82, 2.24) is 4.90 Å². The first-order chi connectivity index (χ1) is 5.54. The molecule has 1 heteroatoms. The summed E-state index contributed by atoms with van der Waals surface area (Å²) in [5, 5.41) is 0. The summed E-state index contributed by atoms with van der Waals surface area (Å²) < 4.78 is 0. The first-order valence-electron chi connectivity index (χ1n) is 5.27. The molecule has 0 aliphatic heterocycles. The fourth-order valence-electron chi connectivity index (χ4n) is 2.05. The Labute approximate surface area is 78.1 Å². The van der Waals surface area contributed by atoms with E-state index in [1.165, 1.54) is 19.3 Å². The van der Waals surface area contributed by atoms with Gasteiger partial charge in [0.25, 0.3) is 0 Å². The van der Waals surface area contributed by atoms with Gasteiger partial charge in [0.1, 0.15) is 0 Å². The third-order valence-corrected chi connectivity index (χ3v) is 3.50. The van der Waals surface area contributed by atoms with Gasteiger partial charge in [0.2, 0.25) is 0 Å². The summed E-state index contributed by atoms with van der Waals surface area (Å²) in [7, 11) is 2.25. The summed E-state index contributed by atoms with van der Waals surface area (Å²) in [5.74, 6) is 0. The zero-order valence-electron chi connectivity index (χ0n) is 9.65. The highest BCUT2D eigenvalue weighted by atomic mass is 15.2. The number of nitrogens with zero attached hydrogens (tertiary/aromatic N) is 1. The highest BCUT2D eigenvalue weighted by Gasteiger charge is 2.29. The van der Waals surface area contributed by atoms with Gasteiger partial charge in [-0.05, 0) is 40.2 Å². The molecular weight excluding hydrogens is 146 g/mol. The molecule has 0 spiro atoms. The van der Waals surface area contributed by atoms with E-state index in [2.05, 4.69) is 46.6 Å². The third kappa shape index (κ3) is 2.22. The van der Waals surface area contributed by atoms with Crippen molar-refractivity contribution in [3.8, 4) is 0 Å². The summed E-state index contributed by atoms with van der Waals surface area (Å²) in [6, 6.07) is 0.657. The molecule has 0 unspecified atom stereocenters. The third-order valence-electron chi connectivity index (χ3n) is 3.50. The average molecular weight is 171 g/mol. The molecular formula is C11H25N. The summed E-state index contributed by atoms with van der Waals surface area (Å²) in [6.07, 6.45) is 3.78. The van der Waals surface area contributed by atoms with Crippen molar-refractivity contribution in [3.05, 3.63) is 0 Å². The Hall–Kier alpha value is -0.0400. The lowest BCUT2D eigenvalue weighted by atomic mass is 9.87. The normalized spacial score (nSPS) is 13.0. The van der Waals surface area contributed by atoms with E-state index in [1.807, 2.05) is 0 Å². The van der Waals surface area contributed by atoms with Gasteiger partial charge >= 0.3 is 0 Å². The number of rotatable bonds is 5. The molecule has 0 rings (SSSR count). The molecule has 0 bridgehead atoms. The van der Waals surface area contributed by atoms with Crippen molar-refractivity contribution in [1.29, 1.82) is 0 Å². The van der Waals surface area contributed by atoms with Crippen molar-refractivity contribution in [2.75, 3.05) is 7.05 Å². The van der Waals surface area contributed by atoms with Crippen LogP contribution in [0.5, 0.6) is 0 Å². The van der Waals surface area contributed by atoms with E-state index in [-0.39, 0.29) is 0 Å². The second kappa shape index (κ2) is 4.86. The Morgan fingerprint density at radius 3 is 1.42 bits per heavy atom. The Kier molecular flexibility index (Phi) is 4.84. The molecule has 0 atom stereocenters. The van der Waals surface area contributed by atoms with Crippen LogP contribution < -0.4 is 0 Å². The maximum absolute atomic E-state index is 2.52. The molecule has 0 aromatic rings. The van der Waals surface area contributed by atoms with Crippen molar-refractivity contribution in [3.63, 3.8) is 0 Å². The van der Waals surface area contributed by atoms with Gasteiger partial charge < -0.3 is 0 Å². The lowest BCUT2D eigenvalue weighted by molar-refractivity contribution is 0.0724. The Morgan fingerprint density at radius 2 is 1.33 bits per heavy atom. The van der Waals surface area contributed by atoms with E-state index >= 15 is 0 Å². The highest BCUT2D eigenvalue weighted by molar-refractivity contribution is 4.86. The van der Waals surface area contributed by atoms with Gasteiger partial charge in [0, 0.05) is 11.6 Å². The standard InChI is InChI=1S/C11H25N/c1-7-11(8-2,9-3)12(6)10(4)5/h10H,7-9H2,1-6H3. The Morgan fingerprint density at radius 1 is 1.00 bits per heavy atom. The average Bonchev–Trinajstić information content (AvgIpc) is 2.08. The minimum atomic E-state index is 0.439. The zero-order valence-corrected chi connectivity index (χ0v) is 9.65. The van der Waals surface area contributed by atoms with Crippen molar-refractivity contribution in [2.45, 2.75) is 65.5 Å². The van der Waals surface area contributed by atoms with Gasteiger partial charge in [-0.15, -0.1) is 0 Å². The van der Waals surface area contributed by atoms with Gasteiger partial charge in [-0.1, -0.05) is 20.8 Å². The first kappa shape index (κ1) is 12.0. The van der Waals surface area contributed by atoms with Gasteiger partial charge in [-0.2, -0.15) is 0 Å². The lowest BCUT2D eigenvalue weighted by Crippen LogP contribution is -2.48. The topological polar surface area (TPSA) is 3.24 Å². The largest absolute Gasteiger partial charge is 0.298 e. The minimum absolute atomic E-state index is 0.439. The molecule has 0 saturated heterocycles. The molecule has 0 radical (unpaired) electrons. The van der Waals surface area contributed by atoms with Crippen LogP contribution >= 0.6 is 0 Å². The predicted molar refractivity (Wildman–Crippen MR) is 56.5 cm³/mol. The van der Waals surface area contributed by atoms with E-state index in [4.69, 9.17) is 0 Å². The zero-order chi connectivity index (χ0) is 9.78. The van der Waals surface area contributed by atoms with Crippen LogP contribution in [0.15, 0.2) is 0 Å². The van der Waals surface area contributed by atoms with E-state index in [9.17, 15) is 0 Å². The fraction of sp³-hybridized carbons (Fsp3) is 1.00. The molecule has 0 aromatic heterocycles. The Bertz CT molecular complexity index is 106. The molecule has 0 aliphatic rings. The fourth-order valence-corrected chi connectivity index (χ4v) is 2.05. The molecule has 0 saturated carbocycles. The van der Waals surface area contributed by atoms with Crippen LogP contribution in [0.3, 0.4) is 0 Å². The molecule has 0 heterocycles. The van der Waals surface area contributed by atoms with E-state index in [1.54, 1.807) is 0 Å². The van der Waals surface area contributed by atoms with E-state index < -0.39 is 0 Å². The van der Waals surface area contributed by atoms with Crippen LogP contribution in [0, 0.1) is 0 Å². The second-order valence-electron chi connectivity index (χ2n) is 3.99. The van der Waals surface area contributed by atoms with Crippen LogP contribution in [0.4, 0.5) is 0 Å². The molecule has 0 fully saturated rings. The highest BCUT2D eigenvalue weighted by Crippen LogP contribution is 2.27. The SMILES string of the molecule is CCC(CC)(CC)N(C)C(C)C. The van der Waals surface area contributed by atoms with Gasteiger partial charge in [-0.25, -0.2) is 0 Å². The van der Waals surface area contributed by atoms with Crippen molar-refractivity contribution >= 4 is 0 Å². The van der Waals surface area contributed by atoms with E-state index in [0.717, 1.165) is 0 Å². The van der Waals surface area contributed by atoms with Crippen LogP contribution in [0.25, 0.3) is 0 Å². The number of hydrogen-bond acceptors (Lipinski definition) is 1. The van der Waals surface area contributed by atoms with Gasteiger partial charge in [0.05, 0.1) is 0 Å². The van der Waals surface area contributed by atoms with E-state index in [0.29, 0.717) is 11.6 Å². The summed E-state index contributed by atoms with van der Waals surface area (Å²) >= 11 is 0. The quantitative estimate of drug-likeness (QED) is 0.613. The van der Waals surface area contributed by atoms with Crippen LogP contribution in [-0.4, -0.2) is 23.5 Å². The molecule has 0 amide bonds. The predicted octanol–water partition coefficient (Wildman–Crippen LogP) is 3.30. The van der Waals surface area contributed by atoms with Gasteiger partial charge in [-0.3, -0.25) is 4.90 Å². The lowest BCUT2D eigenvalue weighted by Gasteiger charge is -2.43. The molecule has 74 valence electrons. The molecule has 12 heavy (non-hydrogen) atoms. The molecule has 1 nitrogen and oxygen atoms in total. The van der Waals surface area contributed by atoms with Crippen LogP contribution in [0.1, 0.15) is 53.9 Å². The minimum Gasteiger partial charge on any atom is -0.298 e. The van der Waals surface area contributed by atoms with Crippen LogP contribution in [0.2, 0.25) is 0 Å². The number of hydrogen-bond donors (Lipinski definition) is 0. The maximum Gasteiger partial charge on any atom is 0.0201 e. The molecule has 0 aromatic carbocycles. The summed E-state index contributed by atoms with van der Waals surface area (Å²) in [4.78, 5) is 2.52. The van der Waals surface area contributed by atoms with Crippen molar-refractivity contribution < 1.29 is 0 Å². The smallest absolute Gasteiger partial charge is 0.0201 e. The van der Waals surface area contributed by atoms with Crippen molar-refractivity contribution in [2.24, 2.45) is 0 Å². The molecule has 0 N–H and O–H groups in total.